The molecule has 0 radical (unpaired) electrons. The summed E-state index contributed by atoms with van der Waals surface area (Å²) in [5.41, 5.74) is 2.43. The number of nitriles is 1. The van der Waals surface area contributed by atoms with E-state index in [2.05, 4.69) is 31.3 Å². The van der Waals surface area contributed by atoms with Crippen molar-refractivity contribution in [2.75, 3.05) is 31.7 Å². The van der Waals surface area contributed by atoms with Gasteiger partial charge in [0.1, 0.15) is 5.82 Å². The number of benzene rings is 1. The molecule has 0 bridgehead atoms. The van der Waals surface area contributed by atoms with Crippen molar-refractivity contribution < 1.29 is 19.0 Å². The molecule has 10 heteroatoms. The van der Waals surface area contributed by atoms with E-state index in [9.17, 15) is 9.50 Å². The van der Waals surface area contributed by atoms with Gasteiger partial charge in [0.25, 0.3) is 0 Å². The molecular formula is C21H21FN6O3. The van der Waals surface area contributed by atoms with Crippen molar-refractivity contribution in [2.45, 2.75) is 12.7 Å². The number of imidazole rings is 1. The van der Waals surface area contributed by atoms with E-state index in [0.717, 1.165) is 0 Å². The Labute approximate surface area is 177 Å². The number of nitrogens with zero attached hydrogens (tertiary/aromatic N) is 4. The SMILES string of the molecule is N#CCCNc1nccc(-c2[nH]c(C3OCC(CO)CO3)nc2-c2ccc(F)cc2)n1. The molecule has 4 rings (SSSR count). The Bertz CT molecular complexity index is 1060. The number of hydrogen-bond acceptors (Lipinski definition) is 8. The second-order valence-electron chi connectivity index (χ2n) is 7.00. The van der Waals surface area contributed by atoms with Crippen LogP contribution in [0.5, 0.6) is 0 Å². The van der Waals surface area contributed by atoms with E-state index < -0.39 is 6.29 Å². The third-order valence-electron chi connectivity index (χ3n) is 4.72. The van der Waals surface area contributed by atoms with Crippen LogP contribution in [-0.2, 0) is 9.47 Å². The molecule has 3 heterocycles. The van der Waals surface area contributed by atoms with Crippen LogP contribution in [0.4, 0.5) is 10.3 Å². The Morgan fingerprint density at radius 1 is 1.19 bits per heavy atom. The fourth-order valence-electron chi connectivity index (χ4n) is 3.12. The first kappa shape index (κ1) is 20.9. The monoisotopic (exact) mass is 424 g/mol. The molecule has 1 aliphatic heterocycles. The van der Waals surface area contributed by atoms with E-state index >= 15 is 0 Å². The minimum atomic E-state index is -0.717. The Morgan fingerprint density at radius 3 is 2.68 bits per heavy atom. The van der Waals surface area contributed by atoms with Crippen molar-refractivity contribution in [3.63, 3.8) is 0 Å². The highest BCUT2D eigenvalue weighted by atomic mass is 19.1. The summed E-state index contributed by atoms with van der Waals surface area (Å²) >= 11 is 0. The quantitative estimate of drug-likeness (QED) is 0.494. The van der Waals surface area contributed by atoms with Gasteiger partial charge in [-0.05, 0) is 30.3 Å². The molecule has 0 aliphatic carbocycles. The fraction of sp³-hybridized carbons (Fsp3) is 0.333. The fourth-order valence-corrected chi connectivity index (χ4v) is 3.12. The lowest BCUT2D eigenvalue weighted by molar-refractivity contribution is -0.213. The molecule has 3 N–H and O–H groups in total. The van der Waals surface area contributed by atoms with Gasteiger partial charge in [0.05, 0.1) is 49.4 Å². The van der Waals surface area contributed by atoms with Crippen LogP contribution >= 0.6 is 0 Å². The van der Waals surface area contributed by atoms with Crippen molar-refractivity contribution in [1.29, 1.82) is 5.26 Å². The maximum absolute atomic E-state index is 13.5. The summed E-state index contributed by atoms with van der Waals surface area (Å²) in [5.74, 6) is 0.403. The largest absolute Gasteiger partial charge is 0.396 e. The van der Waals surface area contributed by atoms with Crippen molar-refractivity contribution >= 4 is 5.95 Å². The zero-order chi connectivity index (χ0) is 21.6. The molecule has 160 valence electrons. The topological polar surface area (TPSA) is 129 Å². The average Bonchev–Trinajstić information content (AvgIpc) is 3.25. The molecule has 1 aromatic carbocycles. The number of nitrogens with one attached hydrogen (secondary N) is 2. The van der Waals surface area contributed by atoms with E-state index in [1.165, 1.54) is 12.1 Å². The van der Waals surface area contributed by atoms with Crippen LogP contribution in [-0.4, -0.2) is 51.4 Å². The Hall–Kier alpha value is -3.39. The number of anilines is 1. The van der Waals surface area contributed by atoms with Crippen LogP contribution < -0.4 is 5.32 Å². The number of aliphatic hydroxyl groups excluding tert-OH is 1. The molecule has 0 saturated carbocycles. The van der Waals surface area contributed by atoms with Crippen molar-refractivity contribution in [1.82, 2.24) is 19.9 Å². The Balaban J connectivity index is 1.69. The minimum absolute atomic E-state index is 0.0144. The second-order valence-corrected chi connectivity index (χ2v) is 7.00. The molecule has 3 aromatic rings. The van der Waals surface area contributed by atoms with Gasteiger partial charge in [-0.25, -0.2) is 19.3 Å². The Morgan fingerprint density at radius 2 is 1.97 bits per heavy atom. The van der Waals surface area contributed by atoms with E-state index in [4.69, 9.17) is 14.7 Å². The smallest absolute Gasteiger partial charge is 0.223 e. The predicted molar refractivity (Wildman–Crippen MR) is 109 cm³/mol. The van der Waals surface area contributed by atoms with E-state index in [0.29, 0.717) is 60.6 Å². The lowest BCUT2D eigenvalue weighted by atomic mass is 10.1. The molecule has 2 aromatic heterocycles. The summed E-state index contributed by atoms with van der Waals surface area (Å²) in [6.45, 7) is 1.11. The van der Waals surface area contributed by atoms with Gasteiger partial charge in [-0.15, -0.1) is 0 Å². The molecular weight excluding hydrogens is 403 g/mol. The van der Waals surface area contributed by atoms with Crippen LogP contribution in [0.2, 0.25) is 0 Å². The summed E-state index contributed by atoms with van der Waals surface area (Å²) in [4.78, 5) is 16.6. The predicted octanol–water partition coefficient (Wildman–Crippen LogP) is 2.65. The zero-order valence-electron chi connectivity index (χ0n) is 16.6. The van der Waals surface area contributed by atoms with Gasteiger partial charge in [0.15, 0.2) is 5.82 Å². The number of rotatable bonds is 7. The molecule has 1 aliphatic rings. The first-order valence-corrected chi connectivity index (χ1v) is 9.82. The Kier molecular flexibility index (Phi) is 6.47. The van der Waals surface area contributed by atoms with Gasteiger partial charge in [0, 0.05) is 24.2 Å². The van der Waals surface area contributed by atoms with Crippen LogP contribution in [0, 0.1) is 23.1 Å². The summed E-state index contributed by atoms with van der Waals surface area (Å²) in [5, 5.41) is 21.0. The first-order chi connectivity index (χ1) is 15.2. The van der Waals surface area contributed by atoms with Gasteiger partial charge in [-0.1, -0.05) is 0 Å². The van der Waals surface area contributed by atoms with Gasteiger partial charge in [-0.2, -0.15) is 5.26 Å². The second kappa shape index (κ2) is 9.61. The molecule has 1 fully saturated rings. The summed E-state index contributed by atoms with van der Waals surface area (Å²) in [7, 11) is 0. The highest BCUT2D eigenvalue weighted by Gasteiger charge is 2.27. The number of aromatic nitrogens is 4. The van der Waals surface area contributed by atoms with Gasteiger partial charge >= 0.3 is 0 Å². The molecule has 0 atom stereocenters. The number of aromatic amines is 1. The van der Waals surface area contributed by atoms with Gasteiger partial charge in [-0.3, -0.25) is 0 Å². The van der Waals surface area contributed by atoms with Crippen molar-refractivity contribution in [3.05, 3.63) is 48.2 Å². The molecule has 1 saturated heterocycles. The molecule has 0 spiro atoms. The standard InChI is InChI=1S/C21H21FN6O3/c22-15-4-2-14(3-5-15)17-18(16-6-9-25-21(26-16)24-8-1-7-23)28-19(27-17)20-30-11-13(10-29)12-31-20/h2-6,9,13,20,29H,1,8,10-12H2,(H,27,28)(H,24,25,26). The summed E-state index contributed by atoms with van der Waals surface area (Å²) in [6, 6.07) is 9.78. The summed E-state index contributed by atoms with van der Waals surface area (Å²) in [6.07, 6.45) is 1.21. The number of ether oxygens (including phenoxy) is 2. The van der Waals surface area contributed by atoms with Crippen LogP contribution in [0.25, 0.3) is 22.6 Å². The normalized spacial score (nSPS) is 18.5. The lowest BCUT2D eigenvalue weighted by Gasteiger charge is -2.26. The van der Waals surface area contributed by atoms with E-state index in [1.807, 2.05) is 0 Å². The van der Waals surface area contributed by atoms with E-state index in [-0.39, 0.29) is 18.3 Å². The third kappa shape index (κ3) is 4.86. The van der Waals surface area contributed by atoms with E-state index in [1.54, 1.807) is 24.4 Å². The maximum Gasteiger partial charge on any atom is 0.223 e. The molecule has 0 amide bonds. The van der Waals surface area contributed by atoms with Crippen molar-refractivity contribution in [2.24, 2.45) is 5.92 Å². The maximum atomic E-state index is 13.5. The third-order valence-corrected chi connectivity index (χ3v) is 4.72. The zero-order valence-corrected chi connectivity index (χ0v) is 16.6. The van der Waals surface area contributed by atoms with Gasteiger partial charge < -0.3 is 24.9 Å². The number of aliphatic hydroxyl groups is 1. The first-order valence-electron chi connectivity index (χ1n) is 9.82. The van der Waals surface area contributed by atoms with Crippen LogP contribution in [0.3, 0.4) is 0 Å². The van der Waals surface area contributed by atoms with Crippen molar-refractivity contribution in [3.8, 4) is 28.7 Å². The number of H-pyrrole nitrogens is 1. The number of hydrogen-bond donors (Lipinski definition) is 3. The average molecular weight is 424 g/mol. The minimum Gasteiger partial charge on any atom is -0.396 e. The molecule has 0 unspecified atom stereocenters. The summed E-state index contributed by atoms with van der Waals surface area (Å²) < 4.78 is 24.9. The van der Waals surface area contributed by atoms with Crippen LogP contribution in [0.15, 0.2) is 36.5 Å². The highest BCUT2D eigenvalue weighted by molar-refractivity contribution is 5.77. The number of halogens is 1. The van der Waals surface area contributed by atoms with Crippen LogP contribution in [0.1, 0.15) is 18.5 Å². The van der Waals surface area contributed by atoms with Gasteiger partial charge in [0.2, 0.25) is 12.2 Å². The molecule has 31 heavy (non-hydrogen) atoms. The lowest BCUT2D eigenvalue weighted by Crippen LogP contribution is -2.29. The molecule has 9 nitrogen and oxygen atoms in total. The highest BCUT2D eigenvalue weighted by Crippen LogP contribution is 2.33.